The lowest BCUT2D eigenvalue weighted by atomic mass is 9.81. The third-order valence-corrected chi connectivity index (χ3v) is 7.96. The topological polar surface area (TPSA) is 122 Å². The van der Waals surface area contributed by atoms with Gasteiger partial charge in [-0.15, -0.1) is 10.2 Å². The Morgan fingerprint density at radius 2 is 1.81 bits per heavy atom. The van der Waals surface area contributed by atoms with E-state index in [4.69, 9.17) is 5.10 Å². The minimum absolute atomic E-state index is 0.0861. The molecule has 1 aromatic heterocycles. The van der Waals surface area contributed by atoms with Gasteiger partial charge in [0.1, 0.15) is 0 Å². The van der Waals surface area contributed by atoms with Crippen LogP contribution in [-0.2, 0) is 20.4 Å². The lowest BCUT2D eigenvalue weighted by molar-refractivity contribution is -0.130. The van der Waals surface area contributed by atoms with Crippen molar-refractivity contribution < 1.29 is 13.2 Å². The first kappa shape index (κ1) is 22.8. The maximum Gasteiger partial charge on any atom is 0.241 e. The van der Waals surface area contributed by atoms with Crippen molar-refractivity contribution in [1.29, 1.82) is 0 Å². The summed E-state index contributed by atoms with van der Waals surface area (Å²) in [6.07, 6.45) is 6.42. The molecule has 1 aliphatic carbocycles. The van der Waals surface area contributed by atoms with Gasteiger partial charge < -0.3 is 4.90 Å². The van der Waals surface area contributed by atoms with Crippen molar-refractivity contribution >= 4 is 15.9 Å². The first-order valence-corrected chi connectivity index (χ1v) is 12.7. The highest BCUT2D eigenvalue weighted by atomic mass is 32.2. The number of likely N-dealkylation sites (tertiary alicyclic amines) is 1. The van der Waals surface area contributed by atoms with Gasteiger partial charge in [0.05, 0.1) is 23.1 Å². The molecule has 0 unspecified atom stereocenters. The highest BCUT2D eigenvalue weighted by Crippen LogP contribution is 2.35. The summed E-state index contributed by atoms with van der Waals surface area (Å²) >= 11 is 0. The van der Waals surface area contributed by atoms with Gasteiger partial charge >= 0.3 is 0 Å². The van der Waals surface area contributed by atoms with Crippen molar-refractivity contribution in [1.82, 2.24) is 35.1 Å². The minimum Gasteiger partial charge on any atom is -0.343 e. The molecule has 11 heteroatoms. The van der Waals surface area contributed by atoms with E-state index in [9.17, 15) is 13.2 Å². The number of nitrogens with one attached hydrogen (secondary N) is 2. The second kappa shape index (κ2) is 9.63. The van der Waals surface area contributed by atoms with Gasteiger partial charge in [-0.05, 0) is 43.0 Å². The Hall–Kier alpha value is -2.37. The van der Waals surface area contributed by atoms with E-state index in [1.54, 1.807) is 42.1 Å². The molecule has 2 heterocycles. The Kier molecular flexibility index (Phi) is 6.87. The maximum absolute atomic E-state index is 12.6. The smallest absolute Gasteiger partial charge is 0.241 e. The summed E-state index contributed by atoms with van der Waals surface area (Å²) in [5.41, 5.74) is -0.504. The van der Waals surface area contributed by atoms with Crippen LogP contribution in [0.5, 0.6) is 0 Å². The number of amides is 1. The monoisotopic (exact) mass is 461 g/mol. The number of piperidine rings is 1. The zero-order valence-electron chi connectivity index (χ0n) is 18.4. The van der Waals surface area contributed by atoms with E-state index in [-0.39, 0.29) is 23.5 Å². The molecule has 2 aromatic rings. The molecule has 0 atom stereocenters. The van der Waals surface area contributed by atoms with Gasteiger partial charge in [-0.25, -0.2) is 8.42 Å². The van der Waals surface area contributed by atoms with Crippen LogP contribution in [0.25, 0.3) is 0 Å². The molecule has 0 spiro atoms. The summed E-state index contributed by atoms with van der Waals surface area (Å²) in [6, 6.07) is 8.45. The lowest BCUT2D eigenvalue weighted by Gasteiger charge is -2.35. The average molecular weight is 462 g/mol. The maximum atomic E-state index is 12.6. The van der Waals surface area contributed by atoms with Gasteiger partial charge in [0, 0.05) is 20.0 Å². The number of benzene rings is 1. The number of carbonyl (C=O) groups excluding carboxylic acids is 1. The molecule has 1 saturated heterocycles. The molecule has 2 N–H and O–H groups in total. The number of aromatic nitrogens is 4. The summed E-state index contributed by atoms with van der Waals surface area (Å²) in [5.74, 6) is 0.712. The Morgan fingerprint density at radius 3 is 2.47 bits per heavy atom. The largest absolute Gasteiger partial charge is 0.343 e. The van der Waals surface area contributed by atoms with E-state index in [0.29, 0.717) is 18.9 Å². The molecule has 0 radical (unpaired) electrons. The highest BCUT2D eigenvalue weighted by molar-refractivity contribution is 7.89. The number of hydrogen-bond donors (Lipinski definition) is 2. The summed E-state index contributed by atoms with van der Waals surface area (Å²) < 4.78 is 27.8. The molecular weight excluding hydrogens is 430 g/mol. The Balaban J connectivity index is 1.44. The molecule has 0 bridgehead atoms. The highest BCUT2D eigenvalue weighted by Gasteiger charge is 2.38. The molecule has 2 fully saturated rings. The normalized spacial score (nSPS) is 19.7. The molecule has 32 heavy (non-hydrogen) atoms. The van der Waals surface area contributed by atoms with E-state index in [0.717, 1.165) is 44.9 Å². The SMILES string of the molecule is CC(=O)N1CCC(n2nnc(C3(NCNS(=O)(=O)c4ccccc4)CCCCC3)n2)CC1. The summed E-state index contributed by atoms with van der Waals surface area (Å²) in [5, 5.41) is 16.8. The van der Waals surface area contributed by atoms with Crippen molar-refractivity contribution in [3.8, 4) is 0 Å². The molecule has 1 saturated carbocycles. The zero-order valence-corrected chi connectivity index (χ0v) is 19.2. The van der Waals surface area contributed by atoms with Gasteiger partial charge in [0.25, 0.3) is 0 Å². The van der Waals surface area contributed by atoms with Crippen LogP contribution in [0.15, 0.2) is 35.2 Å². The van der Waals surface area contributed by atoms with Gasteiger partial charge in [-0.2, -0.15) is 9.52 Å². The Labute approximate surface area is 188 Å². The van der Waals surface area contributed by atoms with Crippen LogP contribution >= 0.6 is 0 Å². The van der Waals surface area contributed by atoms with Crippen LogP contribution in [0.2, 0.25) is 0 Å². The van der Waals surface area contributed by atoms with Crippen LogP contribution < -0.4 is 10.0 Å². The molecule has 174 valence electrons. The van der Waals surface area contributed by atoms with Crippen LogP contribution in [0.4, 0.5) is 0 Å². The van der Waals surface area contributed by atoms with Crippen molar-refractivity contribution in [3.05, 3.63) is 36.2 Å². The van der Waals surface area contributed by atoms with Crippen LogP contribution in [0.1, 0.15) is 63.7 Å². The molecule has 1 aromatic carbocycles. The van der Waals surface area contributed by atoms with Crippen molar-refractivity contribution in [2.75, 3.05) is 19.8 Å². The minimum atomic E-state index is -3.60. The number of carbonyl (C=O) groups is 1. The molecule has 2 aliphatic rings. The van der Waals surface area contributed by atoms with Crippen LogP contribution in [0, 0.1) is 0 Å². The number of sulfonamides is 1. The van der Waals surface area contributed by atoms with Crippen molar-refractivity contribution in [2.45, 2.75) is 68.3 Å². The quantitative estimate of drug-likeness (QED) is 0.600. The average Bonchev–Trinajstić information content (AvgIpc) is 3.31. The molecule has 10 nitrogen and oxygen atoms in total. The van der Waals surface area contributed by atoms with E-state index in [1.165, 1.54) is 0 Å². The predicted octanol–water partition coefficient (Wildman–Crippen LogP) is 1.54. The van der Waals surface area contributed by atoms with Crippen molar-refractivity contribution in [3.63, 3.8) is 0 Å². The van der Waals surface area contributed by atoms with Crippen molar-refractivity contribution in [2.24, 2.45) is 0 Å². The van der Waals surface area contributed by atoms with Gasteiger partial charge in [0.2, 0.25) is 15.9 Å². The predicted molar refractivity (Wildman–Crippen MR) is 118 cm³/mol. The summed E-state index contributed by atoms with van der Waals surface area (Å²) in [4.78, 5) is 15.3. The van der Waals surface area contributed by atoms with Gasteiger partial charge in [-0.1, -0.05) is 37.5 Å². The third kappa shape index (κ3) is 5.00. The molecule has 1 amide bonds. The lowest BCUT2D eigenvalue weighted by Crippen LogP contribution is -2.49. The summed E-state index contributed by atoms with van der Waals surface area (Å²) in [7, 11) is -3.60. The van der Waals surface area contributed by atoms with E-state index in [1.807, 2.05) is 4.90 Å². The number of rotatable bonds is 7. The number of nitrogens with zero attached hydrogens (tertiary/aromatic N) is 5. The molecular formula is C21H31N7O3S. The number of tetrazole rings is 1. The second-order valence-electron chi connectivity index (χ2n) is 8.63. The zero-order chi connectivity index (χ0) is 22.6. The fourth-order valence-corrected chi connectivity index (χ4v) is 5.55. The molecule has 4 rings (SSSR count). The first-order valence-electron chi connectivity index (χ1n) is 11.2. The van der Waals surface area contributed by atoms with E-state index >= 15 is 0 Å². The van der Waals surface area contributed by atoms with Gasteiger partial charge in [0.15, 0.2) is 5.82 Å². The fraction of sp³-hybridized carbons (Fsp3) is 0.619. The summed E-state index contributed by atoms with van der Waals surface area (Å²) in [6.45, 7) is 3.07. The van der Waals surface area contributed by atoms with Crippen LogP contribution in [-0.4, -0.2) is 59.2 Å². The Bertz CT molecular complexity index is 1010. The van der Waals surface area contributed by atoms with Crippen LogP contribution in [0.3, 0.4) is 0 Å². The second-order valence-corrected chi connectivity index (χ2v) is 10.4. The first-order chi connectivity index (χ1) is 15.4. The van der Waals surface area contributed by atoms with Gasteiger partial charge in [-0.3, -0.25) is 10.1 Å². The number of hydrogen-bond acceptors (Lipinski definition) is 7. The molecule has 1 aliphatic heterocycles. The third-order valence-electron chi connectivity index (χ3n) is 6.54. The fourth-order valence-electron chi connectivity index (χ4n) is 4.60. The van der Waals surface area contributed by atoms with E-state index in [2.05, 4.69) is 20.4 Å². The Morgan fingerprint density at radius 1 is 1.12 bits per heavy atom. The van der Waals surface area contributed by atoms with E-state index < -0.39 is 15.6 Å². The standard InChI is InChI=1S/C21H31N7O3S/c1-17(29)27-14-10-18(11-15-27)28-25-20(24-26-28)21(12-6-3-7-13-21)22-16-23-32(30,31)19-8-4-2-5-9-19/h2,4-5,8-9,18,22-23H,3,6-7,10-16H2,1H3.